The molecule has 1 aliphatic rings. The molecule has 0 radical (unpaired) electrons. The molecule has 8 nitrogen and oxygen atoms in total. The first-order chi connectivity index (χ1) is 14.8. The van der Waals surface area contributed by atoms with Crippen LogP contribution in [0.5, 0.6) is 0 Å². The van der Waals surface area contributed by atoms with Gasteiger partial charge in [-0.25, -0.2) is 22.6 Å². The third-order valence-corrected chi connectivity index (χ3v) is 6.88. The predicted molar refractivity (Wildman–Crippen MR) is 113 cm³/mol. The molecule has 0 bridgehead atoms. The maximum Gasteiger partial charge on any atom is 0.337 e. The van der Waals surface area contributed by atoms with Gasteiger partial charge in [-0.3, -0.25) is 5.32 Å². The number of halogens is 2. The number of rotatable bonds is 5. The first kappa shape index (κ1) is 21.4. The highest BCUT2D eigenvalue weighted by Gasteiger charge is 2.31. The van der Waals surface area contributed by atoms with Gasteiger partial charge in [0.05, 0.1) is 35.7 Å². The van der Waals surface area contributed by atoms with Crippen molar-refractivity contribution in [1.82, 2.24) is 10.3 Å². The second-order valence-corrected chi connectivity index (χ2v) is 9.34. The number of benzene rings is 2. The van der Waals surface area contributed by atoms with Crippen molar-refractivity contribution in [3.05, 3.63) is 58.9 Å². The van der Waals surface area contributed by atoms with Crippen LogP contribution < -0.4 is 10.6 Å². The fourth-order valence-corrected chi connectivity index (χ4v) is 4.86. The number of ether oxygens (including phenoxy) is 1. The number of hydrogen-bond acceptors (Lipinski definition) is 7. The fraction of sp³-hybridized carbons (Fsp3) is 0.200. The molecule has 162 valence electrons. The number of para-hydroxylation sites is 1. The molecule has 1 aromatic heterocycles. The summed E-state index contributed by atoms with van der Waals surface area (Å²) in [6, 6.07) is 9.47. The van der Waals surface area contributed by atoms with Crippen LogP contribution in [-0.2, 0) is 14.6 Å². The number of pyridine rings is 1. The zero-order valence-electron chi connectivity index (χ0n) is 15.9. The Morgan fingerprint density at radius 2 is 2.10 bits per heavy atom. The summed E-state index contributed by atoms with van der Waals surface area (Å²) in [4.78, 5) is 15.8. The number of aromatic nitrogens is 1. The molecule has 31 heavy (non-hydrogen) atoms. The maximum atomic E-state index is 14.5. The Balaban J connectivity index is 1.89. The molecule has 1 fully saturated rings. The number of fused-ring (bicyclic) bond motifs is 1. The van der Waals surface area contributed by atoms with Crippen LogP contribution in [-0.4, -0.2) is 49.6 Å². The molecule has 0 saturated carbocycles. The summed E-state index contributed by atoms with van der Waals surface area (Å²) >= 11 is 6.09. The zero-order valence-corrected chi connectivity index (χ0v) is 17.5. The summed E-state index contributed by atoms with van der Waals surface area (Å²) in [6.45, 7) is 0.727. The van der Waals surface area contributed by atoms with Gasteiger partial charge in [-0.15, -0.1) is 0 Å². The van der Waals surface area contributed by atoms with E-state index in [0.717, 1.165) is 6.07 Å². The van der Waals surface area contributed by atoms with Gasteiger partial charge < -0.3 is 15.2 Å². The molecule has 0 aliphatic carbocycles. The van der Waals surface area contributed by atoms with Crippen molar-refractivity contribution in [2.75, 3.05) is 25.1 Å². The van der Waals surface area contributed by atoms with E-state index in [4.69, 9.17) is 16.3 Å². The molecule has 3 aromatic rings. The summed E-state index contributed by atoms with van der Waals surface area (Å²) in [7, 11) is -3.95. The Kier molecular flexibility index (Phi) is 5.80. The number of morpholine rings is 1. The number of anilines is 2. The Morgan fingerprint density at radius 1 is 1.29 bits per heavy atom. The number of carboxylic acid groups (broad SMARTS) is 1. The van der Waals surface area contributed by atoms with Crippen molar-refractivity contribution in [2.24, 2.45) is 0 Å². The lowest BCUT2D eigenvalue weighted by atomic mass is 10.1. The van der Waals surface area contributed by atoms with E-state index in [1.807, 2.05) is 0 Å². The van der Waals surface area contributed by atoms with E-state index in [0.29, 0.717) is 23.6 Å². The van der Waals surface area contributed by atoms with E-state index < -0.39 is 27.0 Å². The number of hydrogen-bond donors (Lipinski definition) is 3. The molecule has 1 saturated heterocycles. The number of carboxylic acids is 1. The van der Waals surface area contributed by atoms with Crippen molar-refractivity contribution < 1.29 is 27.4 Å². The van der Waals surface area contributed by atoms with Crippen molar-refractivity contribution in [3.63, 3.8) is 0 Å². The molecule has 2 heterocycles. The topological polar surface area (TPSA) is 118 Å². The Hall–Kier alpha value is -2.79. The van der Waals surface area contributed by atoms with Gasteiger partial charge in [-0.05, 0) is 36.4 Å². The monoisotopic (exact) mass is 465 g/mol. The average Bonchev–Trinajstić information content (AvgIpc) is 2.75. The SMILES string of the molecule is O=C(O)c1cccc(F)c1Nc1cc(S(=O)(=O)C2COCCN2)nc2ccc(Cl)cc12. The van der Waals surface area contributed by atoms with E-state index in [1.54, 1.807) is 6.07 Å². The van der Waals surface area contributed by atoms with Crippen molar-refractivity contribution in [1.29, 1.82) is 0 Å². The predicted octanol–water partition coefficient (Wildman–Crippen LogP) is 3.19. The van der Waals surface area contributed by atoms with Crippen LogP contribution in [0, 0.1) is 5.82 Å². The second-order valence-electron chi connectivity index (χ2n) is 6.82. The largest absolute Gasteiger partial charge is 0.478 e. The molecule has 2 aromatic carbocycles. The van der Waals surface area contributed by atoms with Crippen LogP contribution in [0.15, 0.2) is 47.5 Å². The normalized spacial score (nSPS) is 16.9. The van der Waals surface area contributed by atoms with Crippen LogP contribution in [0.1, 0.15) is 10.4 Å². The lowest BCUT2D eigenvalue weighted by molar-refractivity contribution is 0.0697. The maximum absolute atomic E-state index is 14.5. The molecule has 4 rings (SSSR count). The van der Waals surface area contributed by atoms with Gasteiger partial charge in [0.25, 0.3) is 0 Å². The van der Waals surface area contributed by atoms with E-state index in [-0.39, 0.29) is 34.1 Å². The number of nitrogens with one attached hydrogen (secondary N) is 2. The third kappa shape index (κ3) is 4.19. The molecule has 3 N–H and O–H groups in total. The van der Waals surface area contributed by atoms with E-state index in [9.17, 15) is 22.7 Å². The molecule has 1 unspecified atom stereocenters. The highest BCUT2D eigenvalue weighted by Crippen LogP contribution is 2.33. The van der Waals surface area contributed by atoms with Gasteiger partial charge in [-0.1, -0.05) is 17.7 Å². The van der Waals surface area contributed by atoms with Crippen LogP contribution in [0.4, 0.5) is 15.8 Å². The van der Waals surface area contributed by atoms with Crippen LogP contribution in [0.2, 0.25) is 5.02 Å². The summed E-state index contributed by atoms with van der Waals surface area (Å²) in [5, 5.41) is 14.5. The van der Waals surface area contributed by atoms with Crippen LogP contribution >= 0.6 is 11.6 Å². The zero-order chi connectivity index (χ0) is 22.2. The van der Waals surface area contributed by atoms with Gasteiger partial charge in [0.1, 0.15) is 11.2 Å². The molecular weight excluding hydrogens is 449 g/mol. The molecule has 1 aliphatic heterocycles. The first-order valence-corrected chi connectivity index (χ1v) is 11.1. The lowest BCUT2D eigenvalue weighted by Crippen LogP contribution is -2.46. The fourth-order valence-electron chi connectivity index (χ4n) is 3.27. The van der Waals surface area contributed by atoms with Crippen LogP contribution in [0.25, 0.3) is 10.9 Å². The molecule has 0 amide bonds. The van der Waals surface area contributed by atoms with Gasteiger partial charge in [0.2, 0.25) is 9.84 Å². The van der Waals surface area contributed by atoms with Gasteiger partial charge in [0, 0.05) is 17.0 Å². The quantitative estimate of drug-likeness (QED) is 0.526. The van der Waals surface area contributed by atoms with Crippen molar-refractivity contribution >= 4 is 49.7 Å². The van der Waals surface area contributed by atoms with Gasteiger partial charge >= 0.3 is 5.97 Å². The highest BCUT2D eigenvalue weighted by atomic mass is 35.5. The summed E-state index contributed by atoms with van der Waals surface area (Å²) in [6.07, 6.45) is 0. The minimum Gasteiger partial charge on any atom is -0.478 e. The summed E-state index contributed by atoms with van der Waals surface area (Å²) in [5.41, 5.74) is -0.169. The third-order valence-electron chi connectivity index (χ3n) is 4.80. The van der Waals surface area contributed by atoms with Crippen molar-refractivity contribution in [2.45, 2.75) is 10.4 Å². The first-order valence-electron chi connectivity index (χ1n) is 9.21. The minimum absolute atomic E-state index is 0.0398. The Labute approximate surface area is 181 Å². The minimum atomic E-state index is -3.95. The number of carbonyl (C=O) groups is 1. The molecular formula is C20H17ClFN3O5S. The Bertz CT molecular complexity index is 1280. The van der Waals surface area contributed by atoms with E-state index in [2.05, 4.69) is 15.6 Å². The van der Waals surface area contributed by atoms with Gasteiger partial charge in [0.15, 0.2) is 5.03 Å². The number of sulfone groups is 1. The van der Waals surface area contributed by atoms with Crippen LogP contribution in [0.3, 0.4) is 0 Å². The van der Waals surface area contributed by atoms with Gasteiger partial charge in [-0.2, -0.15) is 0 Å². The number of nitrogens with zero attached hydrogens (tertiary/aromatic N) is 1. The Morgan fingerprint density at radius 3 is 2.81 bits per heavy atom. The molecule has 11 heteroatoms. The second kappa shape index (κ2) is 8.39. The van der Waals surface area contributed by atoms with E-state index in [1.165, 1.54) is 30.3 Å². The smallest absolute Gasteiger partial charge is 0.337 e. The summed E-state index contributed by atoms with van der Waals surface area (Å²) in [5.74, 6) is -2.14. The standard InChI is InChI=1S/C20H17ClFN3O5S/c21-11-4-5-15-13(8-11)16(25-19-12(20(26)27)2-1-3-14(19)22)9-17(24-15)31(28,29)18-10-30-7-6-23-18/h1-5,8-9,18,23H,6-7,10H2,(H,24,25)(H,26,27). The molecule has 1 atom stereocenters. The highest BCUT2D eigenvalue weighted by molar-refractivity contribution is 7.92. The average molecular weight is 466 g/mol. The summed E-state index contributed by atoms with van der Waals surface area (Å²) < 4.78 is 46.0. The number of aromatic carboxylic acids is 1. The lowest BCUT2D eigenvalue weighted by Gasteiger charge is -2.24. The van der Waals surface area contributed by atoms with Crippen molar-refractivity contribution in [3.8, 4) is 0 Å². The van der Waals surface area contributed by atoms with E-state index >= 15 is 0 Å². The molecule has 0 spiro atoms.